The summed E-state index contributed by atoms with van der Waals surface area (Å²) in [5.41, 5.74) is 3.03. The van der Waals surface area contributed by atoms with Gasteiger partial charge in [0.05, 0.1) is 10.6 Å². The highest BCUT2D eigenvalue weighted by Gasteiger charge is 2.20. The van der Waals surface area contributed by atoms with E-state index in [1.807, 2.05) is 13.8 Å². The quantitative estimate of drug-likeness (QED) is 0.758. The molecule has 0 saturated carbocycles. The normalized spacial score (nSPS) is 11.6. The molecule has 146 valence electrons. The van der Waals surface area contributed by atoms with Crippen molar-refractivity contribution < 1.29 is 17.6 Å². The van der Waals surface area contributed by atoms with Crippen molar-refractivity contribution in [2.45, 2.75) is 24.5 Å². The molecule has 0 atom stereocenters. The number of nitrogens with one attached hydrogen (secondary N) is 1. The lowest BCUT2D eigenvalue weighted by Crippen LogP contribution is -2.23. The maximum absolute atomic E-state index is 12.9. The molecule has 0 aliphatic carbocycles. The molecule has 2 aromatic rings. The molecular formula is C19H23FN2O3S2. The maximum atomic E-state index is 12.9. The third-order valence-corrected chi connectivity index (χ3v) is 6.91. The summed E-state index contributed by atoms with van der Waals surface area (Å²) in [6, 6.07) is 9.23. The third-order valence-electron chi connectivity index (χ3n) is 4.11. The lowest BCUT2D eigenvalue weighted by Gasteiger charge is -2.16. The van der Waals surface area contributed by atoms with Gasteiger partial charge in [0, 0.05) is 25.5 Å². The van der Waals surface area contributed by atoms with Crippen molar-refractivity contribution in [3.05, 3.63) is 58.9 Å². The number of amides is 1. The SMILES string of the molecule is Cc1cc(S(=O)(=O)N(C)C)cc(NC(=O)CSCc2ccc(F)cc2)c1C. The predicted octanol–water partition coefficient (Wildman–Crippen LogP) is 3.56. The number of anilines is 1. The maximum Gasteiger partial charge on any atom is 0.242 e. The van der Waals surface area contributed by atoms with Crippen LogP contribution in [0.5, 0.6) is 0 Å². The van der Waals surface area contributed by atoms with Crippen molar-refractivity contribution >= 4 is 33.4 Å². The van der Waals surface area contributed by atoms with Gasteiger partial charge in [-0.25, -0.2) is 17.1 Å². The summed E-state index contributed by atoms with van der Waals surface area (Å²) in [5, 5.41) is 2.80. The van der Waals surface area contributed by atoms with Crippen LogP contribution in [0, 0.1) is 19.7 Å². The number of nitrogens with zero attached hydrogens (tertiary/aromatic N) is 1. The number of carbonyl (C=O) groups is 1. The Morgan fingerprint density at radius 1 is 1.15 bits per heavy atom. The van der Waals surface area contributed by atoms with E-state index in [2.05, 4.69) is 5.32 Å². The van der Waals surface area contributed by atoms with Crippen LogP contribution < -0.4 is 5.32 Å². The van der Waals surface area contributed by atoms with Gasteiger partial charge >= 0.3 is 0 Å². The van der Waals surface area contributed by atoms with Crippen LogP contribution in [0.1, 0.15) is 16.7 Å². The lowest BCUT2D eigenvalue weighted by molar-refractivity contribution is -0.113. The van der Waals surface area contributed by atoms with E-state index in [0.717, 1.165) is 21.0 Å². The molecule has 0 radical (unpaired) electrons. The molecule has 2 aromatic carbocycles. The van der Waals surface area contributed by atoms with Gasteiger partial charge in [0.15, 0.2) is 0 Å². The zero-order valence-electron chi connectivity index (χ0n) is 15.7. The Balaban J connectivity index is 2.06. The fourth-order valence-electron chi connectivity index (χ4n) is 2.34. The molecule has 2 rings (SSSR count). The first-order valence-electron chi connectivity index (χ1n) is 8.27. The van der Waals surface area contributed by atoms with E-state index >= 15 is 0 Å². The second-order valence-corrected chi connectivity index (χ2v) is 9.51. The summed E-state index contributed by atoms with van der Waals surface area (Å²) in [5.74, 6) is 0.283. The second kappa shape index (κ2) is 8.86. The van der Waals surface area contributed by atoms with Gasteiger partial charge in [-0.3, -0.25) is 4.79 Å². The lowest BCUT2D eigenvalue weighted by atomic mass is 10.1. The topological polar surface area (TPSA) is 66.5 Å². The monoisotopic (exact) mass is 410 g/mol. The molecule has 0 unspecified atom stereocenters. The molecule has 0 saturated heterocycles. The van der Waals surface area contributed by atoms with E-state index < -0.39 is 10.0 Å². The van der Waals surface area contributed by atoms with Gasteiger partial charge in [0.1, 0.15) is 5.82 Å². The van der Waals surface area contributed by atoms with E-state index in [-0.39, 0.29) is 22.4 Å². The molecule has 0 heterocycles. The van der Waals surface area contributed by atoms with Crippen LogP contribution >= 0.6 is 11.8 Å². The molecule has 1 N–H and O–H groups in total. The fourth-order valence-corrected chi connectivity index (χ4v) is 4.15. The van der Waals surface area contributed by atoms with Crippen LogP contribution in [0.2, 0.25) is 0 Å². The molecule has 1 amide bonds. The number of benzene rings is 2. The second-order valence-electron chi connectivity index (χ2n) is 6.37. The van der Waals surface area contributed by atoms with Crippen LogP contribution in [0.3, 0.4) is 0 Å². The van der Waals surface area contributed by atoms with E-state index in [4.69, 9.17) is 0 Å². The van der Waals surface area contributed by atoms with Crippen LogP contribution in [-0.4, -0.2) is 38.5 Å². The molecule has 0 bridgehead atoms. The largest absolute Gasteiger partial charge is 0.325 e. The number of carbonyl (C=O) groups excluding carboxylic acids is 1. The number of sulfonamides is 1. The van der Waals surface area contributed by atoms with Crippen LogP contribution in [0.25, 0.3) is 0 Å². The Morgan fingerprint density at radius 2 is 1.78 bits per heavy atom. The van der Waals surface area contributed by atoms with Gasteiger partial charge in [-0.1, -0.05) is 12.1 Å². The molecule has 8 heteroatoms. The molecular weight excluding hydrogens is 387 g/mol. The van der Waals surface area contributed by atoms with Gasteiger partial charge in [-0.05, 0) is 54.8 Å². The minimum Gasteiger partial charge on any atom is -0.325 e. The first kappa shape index (κ1) is 21.4. The summed E-state index contributed by atoms with van der Waals surface area (Å²) in [6.45, 7) is 3.64. The van der Waals surface area contributed by atoms with Crippen LogP contribution in [0.15, 0.2) is 41.3 Å². The van der Waals surface area contributed by atoms with E-state index in [9.17, 15) is 17.6 Å². The number of rotatable bonds is 7. The van der Waals surface area contributed by atoms with E-state index in [1.165, 1.54) is 44.1 Å². The van der Waals surface area contributed by atoms with Gasteiger partial charge in [-0.15, -0.1) is 11.8 Å². The fraction of sp³-hybridized carbons (Fsp3) is 0.316. The molecule has 0 spiro atoms. The van der Waals surface area contributed by atoms with Crippen molar-refractivity contribution in [3.63, 3.8) is 0 Å². The molecule has 5 nitrogen and oxygen atoms in total. The highest BCUT2D eigenvalue weighted by atomic mass is 32.2. The first-order chi connectivity index (χ1) is 12.6. The van der Waals surface area contributed by atoms with E-state index in [1.54, 1.807) is 18.2 Å². The summed E-state index contributed by atoms with van der Waals surface area (Å²) in [4.78, 5) is 12.4. The molecule has 27 heavy (non-hydrogen) atoms. The van der Waals surface area contributed by atoms with E-state index in [0.29, 0.717) is 11.4 Å². The third kappa shape index (κ3) is 5.54. The number of halogens is 1. The van der Waals surface area contributed by atoms with Crippen molar-refractivity contribution in [1.82, 2.24) is 4.31 Å². The summed E-state index contributed by atoms with van der Waals surface area (Å²) in [6.07, 6.45) is 0. The Kier molecular flexibility index (Phi) is 7.02. The summed E-state index contributed by atoms with van der Waals surface area (Å²) >= 11 is 1.40. The van der Waals surface area contributed by atoms with Gasteiger partial charge in [-0.2, -0.15) is 0 Å². The molecule has 0 aromatic heterocycles. The number of hydrogen-bond acceptors (Lipinski definition) is 4. The van der Waals surface area contributed by atoms with Crippen molar-refractivity contribution in [1.29, 1.82) is 0 Å². The summed E-state index contributed by atoms with van der Waals surface area (Å²) < 4.78 is 38.8. The first-order valence-corrected chi connectivity index (χ1v) is 10.9. The van der Waals surface area contributed by atoms with Gasteiger partial charge < -0.3 is 5.32 Å². The minimum absolute atomic E-state index is 0.143. The number of aryl methyl sites for hydroxylation is 1. The van der Waals surface area contributed by atoms with Crippen LogP contribution in [0.4, 0.5) is 10.1 Å². The van der Waals surface area contributed by atoms with Crippen molar-refractivity contribution in [3.8, 4) is 0 Å². The van der Waals surface area contributed by atoms with Crippen LogP contribution in [-0.2, 0) is 20.6 Å². The van der Waals surface area contributed by atoms with Gasteiger partial charge in [0.25, 0.3) is 0 Å². The van der Waals surface area contributed by atoms with Crippen molar-refractivity contribution in [2.24, 2.45) is 0 Å². The minimum atomic E-state index is -3.58. The number of thioether (sulfide) groups is 1. The molecule has 0 fully saturated rings. The highest BCUT2D eigenvalue weighted by molar-refractivity contribution is 7.99. The Morgan fingerprint density at radius 3 is 2.37 bits per heavy atom. The smallest absolute Gasteiger partial charge is 0.242 e. The Hall–Kier alpha value is -1.90. The Labute approximate surface area is 164 Å². The zero-order chi connectivity index (χ0) is 20.2. The zero-order valence-corrected chi connectivity index (χ0v) is 17.4. The van der Waals surface area contributed by atoms with Gasteiger partial charge in [0.2, 0.25) is 15.9 Å². The average molecular weight is 411 g/mol. The average Bonchev–Trinajstić information content (AvgIpc) is 2.60. The number of hydrogen-bond donors (Lipinski definition) is 1. The predicted molar refractivity (Wildman–Crippen MR) is 108 cm³/mol. The Bertz CT molecular complexity index is 927. The standard InChI is InChI=1S/C19H23FN2O3S2/c1-13-9-17(27(24,25)22(3)4)10-18(14(13)2)21-19(23)12-26-11-15-5-7-16(20)8-6-15/h5-10H,11-12H2,1-4H3,(H,21,23). The highest BCUT2D eigenvalue weighted by Crippen LogP contribution is 2.26. The van der Waals surface area contributed by atoms with Crippen molar-refractivity contribution in [2.75, 3.05) is 25.2 Å². The molecule has 0 aliphatic rings. The molecule has 0 aliphatic heterocycles. The summed E-state index contributed by atoms with van der Waals surface area (Å²) in [7, 11) is -0.651.